The van der Waals surface area contributed by atoms with Crippen LogP contribution in [-0.2, 0) is 9.53 Å². The average Bonchev–Trinajstić information content (AvgIpc) is 2.43. The summed E-state index contributed by atoms with van der Waals surface area (Å²) in [5.41, 5.74) is 0.764. The highest BCUT2D eigenvalue weighted by molar-refractivity contribution is 5.75. The molecule has 5 nitrogen and oxygen atoms in total. The second kappa shape index (κ2) is 6.98. The van der Waals surface area contributed by atoms with Gasteiger partial charge in [0.05, 0.1) is 20.3 Å². The number of aliphatic hydroxyl groups is 1. The van der Waals surface area contributed by atoms with Gasteiger partial charge in [-0.3, -0.25) is 4.79 Å². The molecule has 1 aromatic carbocycles. The van der Waals surface area contributed by atoms with E-state index in [2.05, 4.69) is 10.1 Å². The first-order valence-corrected chi connectivity index (χ1v) is 5.71. The van der Waals surface area contributed by atoms with Crippen LogP contribution < -0.4 is 10.1 Å². The van der Waals surface area contributed by atoms with Gasteiger partial charge in [-0.15, -0.1) is 0 Å². The van der Waals surface area contributed by atoms with Crippen LogP contribution in [0.25, 0.3) is 0 Å². The zero-order valence-corrected chi connectivity index (χ0v) is 10.8. The number of hydrogen-bond donors (Lipinski definition) is 2. The lowest BCUT2D eigenvalue weighted by atomic mass is 10.1. The number of ether oxygens (including phenoxy) is 2. The lowest BCUT2D eigenvalue weighted by Gasteiger charge is -2.16. The van der Waals surface area contributed by atoms with Gasteiger partial charge in [0, 0.05) is 6.54 Å². The van der Waals surface area contributed by atoms with Crippen LogP contribution in [0.2, 0.25) is 0 Å². The van der Waals surface area contributed by atoms with E-state index in [-0.39, 0.29) is 12.5 Å². The summed E-state index contributed by atoms with van der Waals surface area (Å²) in [6.45, 7) is 1.97. The first kappa shape index (κ1) is 14.5. The van der Waals surface area contributed by atoms with Gasteiger partial charge >= 0.3 is 5.97 Å². The van der Waals surface area contributed by atoms with Gasteiger partial charge in [0.15, 0.2) is 0 Å². The first-order chi connectivity index (χ1) is 8.58. The molecule has 2 unspecified atom stereocenters. The van der Waals surface area contributed by atoms with Gasteiger partial charge < -0.3 is 19.9 Å². The molecule has 1 aromatic rings. The number of hydrogen-bond acceptors (Lipinski definition) is 5. The quantitative estimate of drug-likeness (QED) is 0.737. The van der Waals surface area contributed by atoms with Gasteiger partial charge in [0.2, 0.25) is 0 Å². The molecule has 2 atom stereocenters. The van der Waals surface area contributed by atoms with Crippen molar-refractivity contribution in [3.05, 3.63) is 29.8 Å². The molecular weight excluding hydrogens is 234 g/mol. The van der Waals surface area contributed by atoms with Crippen LogP contribution in [0.3, 0.4) is 0 Å². The second-order valence-electron chi connectivity index (χ2n) is 3.94. The predicted molar refractivity (Wildman–Crippen MR) is 67.4 cm³/mol. The van der Waals surface area contributed by atoms with Crippen LogP contribution in [0.15, 0.2) is 24.3 Å². The molecule has 0 fully saturated rings. The summed E-state index contributed by atoms with van der Waals surface area (Å²) in [5.74, 6) is 0.388. The maximum absolute atomic E-state index is 11.2. The van der Waals surface area contributed by atoms with Crippen molar-refractivity contribution in [3.8, 4) is 5.75 Å². The van der Waals surface area contributed by atoms with E-state index in [1.54, 1.807) is 38.3 Å². The lowest BCUT2D eigenvalue weighted by Crippen LogP contribution is -2.37. The monoisotopic (exact) mass is 253 g/mol. The van der Waals surface area contributed by atoms with Crippen molar-refractivity contribution in [2.45, 2.75) is 19.1 Å². The normalized spacial score (nSPS) is 13.8. The fourth-order valence-electron chi connectivity index (χ4n) is 1.49. The van der Waals surface area contributed by atoms with Crippen molar-refractivity contribution in [2.24, 2.45) is 0 Å². The van der Waals surface area contributed by atoms with Crippen LogP contribution in [0.1, 0.15) is 18.6 Å². The predicted octanol–water partition coefficient (Wildman–Crippen LogP) is 0.880. The SMILES string of the molecule is COC(=O)C(C)NCC(O)c1ccc(OC)cc1. The average molecular weight is 253 g/mol. The number of carbonyl (C=O) groups excluding carboxylic acids is 1. The fourth-order valence-corrected chi connectivity index (χ4v) is 1.49. The Labute approximate surface area is 107 Å². The Morgan fingerprint density at radius 2 is 1.94 bits per heavy atom. The molecule has 18 heavy (non-hydrogen) atoms. The Bertz CT molecular complexity index is 377. The largest absolute Gasteiger partial charge is 0.497 e. The van der Waals surface area contributed by atoms with E-state index in [1.807, 2.05) is 0 Å². The van der Waals surface area contributed by atoms with E-state index < -0.39 is 12.1 Å². The number of rotatable bonds is 6. The first-order valence-electron chi connectivity index (χ1n) is 5.71. The third-order valence-electron chi connectivity index (χ3n) is 2.67. The van der Waals surface area contributed by atoms with E-state index in [1.165, 1.54) is 7.11 Å². The summed E-state index contributed by atoms with van der Waals surface area (Å²) in [6.07, 6.45) is -0.678. The molecule has 0 aliphatic rings. The number of benzene rings is 1. The maximum atomic E-state index is 11.2. The molecule has 1 rings (SSSR count). The highest BCUT2D eigenvalue weighted by Gasteiger charge is 2.15. The van der Waals surface area contributed by atoms with Crippen molar-refractivity contribution in [3.63, 3.8) is 0 Å². The highest BCUT2D eigenvalue weighted by atomic mass is 16.5. The Morgan fingerprint density at radius 1 is 1.33 bits per heavy atom. The standard InChI is InChI=1S/C13H19NO4/c1-9(13(16)18-3)14-8-12(15)10-4-6-11(17-2)7-5-10/h4-7,9,12,14-15H,8H2,1-3H3. The summed E-state index contributed by atoms with van der Waals surface area (Å²) in [4.78, 5) is 11.2. The van der Waals surface area contributed by atoms with Crippen LogP contribution in [0.5, 0.6) is 5.75 Å². The molecule has 0 aliphatic carbocycles. The topological polar surface area (TPSA) is 67.8 Å². The van der Waals surface area contributed by atoms with Crippen molar-refractivity contribution in [2.75, 3.05) is 20.8 Å². The van der Waals surface area contributed by atoms with Crippen molar-refractivity contribution >= 4 is 5.97 Å². The van der Waals surface area contributed by atoms with Crippen molar-refractivity contribution in [1.82, 2.24) is 5.32 Å². The van der Waals surface area contributed by atoms with Crippen LogP contribution >= 0.6 is 0 Å². The van der Waals surface area contributed by atoms with Crippen LogP contribution in [-0.4, -0.2) is 37.9 Å². The van der Waals surface area contributed by atoms with E-state index in [4.69, 9.17) is 4.74 Å². The van der Waals surface area contributed by atoms with E-state index in [9.17, 15) is 9.90 Å². The summed E-state index contributed by atoms with van der Waals surface area (Å²) in [7, 11) is 2.92. The van der Waals surface area contributed by atoms with Crippen molar-refractivity contribution in [1.29, 1.82) is 0 Å². The van der Waals surface area contributed by atoms with Gasteiger partial charge in [0.1, 0.15) is 11.8 Å². The minimum Gasteiger partial charge on any atom is -0.497 e. The Kier molecular flexibility index (Phi) is 5.61. The number of esters is 1. The maximum Gasteiger partial charge on any atom is 0.322 e. The molecule has 0 saturated carbocycles. The number of methoxy groups -OCH3 is 2. The zero-order chi connectivity index (χ0) is 13.5. The summed E-state index contributed by atoms with van der Waals surface area (Å²) < 4.78 is 9.62. The van der Waals surface area contributed by atoms with Gasteiger partial charge in [-0.05, 0) is 24.6 Å². The van der Waals surface area contributed by atoms with Gasteiger partial charge in [0.25, 0.3) is 0 Å². The smallest absolute Gasteiger partial charge is 0.322 e. The molecule has 100 valence electrons. The van der Waals surface area contributed by atoms with Gasteiger partial charge in [-0.1, -0.05) is 12.1 Å². The number of carbonyl (C=O) groups is 1. The molecule has 0 radical (unpaired) electrons. The Hall–Kier alpha value is -1.59. The minimum absolute atomic E-state index is 0.280. The van der Waals surface area contributed by atoms with E-state index in [0.29, 0.717) is 0 Å². The minimum atomic E-state index is -0.678. The molecule has 0 bridgehead atoms. The van der Waals surface area contributed by atoms with Gasteiger partial charge in [-0.2, -0.15) is 0 Å². The Balaban J connectivity index is 2.49. The van der Waals surface area contributed by atoms with E-state index >= 15 is 0 Å². The summed E-state index contributed by atoms with van der Waals surface area (Å²) >= 11 is 0. The number of nitrogens with one attached hydrogen (secondary N) is 1. The van der Waals surface area contributed by atoms with Gasteiger partial charge in [-0.25, -0.2) is 0 Å². The molecule has 0 spiro atoms. The fraction of sp³-hybridized carbons (Fsp3) is 0.462. The zero-order valence-electron chi connectivity index (χ0n) is 10.8. The van der Waals surface area contributed by atoms with Crippen LogP contribution in [0, 0.1) is 0 Å². The second-order valence-corrected chi connectivity index (χ2v) is 3.94. The molecule has 0 aliphatic heterocycles. The summed E-state index contributed by atoms with van der Waals surface area (Å²) in [5, 5.41) is 12.8. The van der Waals surface area contributed by atoms with E-state index in [0.717, 1.165) is 11.3 Å². The lowest BCUT2D eigenvalue weighted by molar-refractivity contribution is -0.142. The molecular formula is C13H19NO4. The molecule has 0 aromatic heterocycles. The summed E-state index contributed by atoms with van der Waals surface area (Å²) in [6, 6.07) is 6.69. The highest BCUT2D eigenvalue weighted by Crippen LogP contribution is 2.17. The van der Waals surface area contributed by atoms with Crippen molar-refractivity contribution < 1.29 is 19.4 Å². The van der Waals surface area contributed by atoms with Crippen LogP contribution in [0.4, 0.5) is 0 Å². The molecule has 5 heteroatoms. The molecule has 0 saturated heterocycles. The third kappa shape index (κ3) is 4.01. The third-order valence-corrected chi connectivity index (χ3v) is 2.67. The molecule has 0 heterocycles. The Morgan fingerprint density at radius 3 is 2.44 bits per heavy atom. The number of aliphatic hydroxyl groups excluding tert-OH is 1. The molecule has 0 amide bonds. The molecule has 2 N–H and O–H groups in total.